The van der Waals surface area contributed by atoms with Gasteiger partial charge in [-0.25, -0.2) is 9.97 Å². The SMILES string of the molecule is COc1c(Cl)ncnc1N1CCC(CN2CCCC2)CC1. The van der Waals surface area contributed by atoms with Gasteiger partial charge in [-0.05, 0) is 44.7 Å². The van der Waals surface area contributed by atoms with Crippen LogP contribution < -0.4 is 9.64 Å². The minimum absolute atomic E-state index is 0.390. The highest BCUT2D eigenvalue weighted by atomic mass is 35.5. The molecule has 0 spiro atoms. The topological polar surface area (TPSA) is 41.5 Å². The average molecular weight is 311 g/mol. The number of ether oxygens (including phenoxy) is 1. The van der Waals surface area contributed by atoms with Gasteiger partial charge in [0.15, 0.2) is 16.7 Å². The molecule has 0 radical (unpaired) electrons. The van der Waals surface area contributed by atoms with Gasteiger partial charge < -0.3 is 14.5 Å². The highest BCUT2D eigenvalue weighted by Gasteiger charge is 2.25. The lowest BCUT2D eigenvalue weighted by Crippen LogP contribution is -2.38. The lowest BCUT2D eigenvalue weighted by Gasteiger charge is -2.35. The second kappa shape index (κ2) is 6.79. The Bertz CT molecular complexity index is 471. The molecule has 3 heterocycles. The highest BCUT2D eigenvalue weighted by Crippen LogP contribution is 2.33. The van der Waals surface area contributed by atoms with Gasteiger partial charge in [0.1, 0.15) is 6.33 Å². The monoisotopic (exact) mass is 310 g/mol. The zero-order valence-electron chi connectivity index (χ0n) is 12.6. The van der Waals surface area contributed by atoms with E-state index in [1.807, 2.05) is 0 Å². The summed E-state index contributed by atoms with van der Waals surface area (Å²) in [6.45, 7) is 5.87. The summed E-state index contributed by atoms with van der Waals surface area (Å²) in [5.74, 6) is 2.23. The van der Waals surface area contributed by atoms with E-state index in [2.05, 4.69) is 19.8 Å². The number of hydrogen-bond donors (Lipinski definition) is 0. The molecule has 21 heavy (non-hydrogen) atoms. The predicted octanol–water partition coefficient (Wildman–Crippen LogP) is 2.45. The lowest BCUT2D eigenvalue weighted by atomic mass is 9.96. The second-order valence-corrected chi connectivity index (χ2v) is 6.32. The molecule has 0 bridgehead atoms. The van der Waals surface area contributed by atoms with Crippen molar-refractivity contribution in [3.63, 3.8) is 0 Å². The first kappa shape index (κ1) is 14.9. The van der Waals surface area contributed by atoms with E-state index < -0.39 is 0 Å². The zero-order valence-corrected chi connectivity index (χ0v) is 13.3. The van der Waals surface area contributed by atoms with E-state index >= 15 is 0 Å². The molecule has 6 heteroatoms. The van der Waals surface area contributed by atoms with Crippen LogP contribution in [-0.2, 0) is 0 Å². The maximum atomic E-state index is 6.08. The number of aromatic nitrogens is 2. The molecule has 0 unspecified atom stereocenters. The van der Waals surface area contributed by atoms with E-state index in [-0.39, 0.29) is 0 Å². The molecule has 0 atom stereocenters. The molecular weight excluding hydrogens is 288 g/mol. The van der Waals surface area contributed by atoms with E-state index in [1.165, 1.54) is 51.6 Å². The van der Waals surface area contributed by atoms with E-state index in [0.717, 1.165) is 24.8 Å². The van der Waals surface area contributed by atoms with Crippen LogP contribution in [0.1, 0.15) is 25.7 Å². The van der Waals surface area contributed by atoms with Crippen LogP contribution >= 0.6 is 11.6 Å². The Morgan fingerprint density at radius 1 is 1.19 bits per heavy atom. The molecule has 0 amide bonds. The molecule has 3 rings (SSSR count). The summed E-state index contributed by atoms with van der Waals surface area (Å²) in [4.78, 5) is 13.2. The Balaban J connectivity index is 1.59. The van der Waals surface area contributed by atoms with Gasteiger partial charge in [0, 0.05) is 19.6 Å². The number of nitrogens with zero attached hydrogens (tertiary/aromatic N) is 4. The molecule has 2 fully saturated rings. The summed E-state index contributed by atoms with van der Waals surface area (Å²) in [6.07, 6.45) is 6.67. The largest absolute Gasteiger partial charge is 0.490 e. The quantitative estimate of drug-likeness (QED) is 0.799. The van der Waals surface area contributed by atoms with Crippen LogP contribution in [0.5, 0.6) is 5.75 Å². The molecular formula is C15H23ClN4O. The van der Waals surface area contributed by atoms with Gasteiger partial charge >= 0.3 is 0 Å². The van der Waals surface area contributed by atoms with Gasteiger partial charge in [0.2, 0.25) is 0 Å². The van der Waals surface area contributed by atoms with Crippen molar-refractivity contribution in [3.8, 4) is 5.75 Å². The molecule has 1 aromatic rings. The molecule has 1 aromatic heterocycles. The van der Waals surface area contributed by atoms with E-state index in [1.54, 1.807) is 7.11 Å². The number of rotatable bonds is 4. The normalized spacial score (nSPS) is 21.0. The Morgan fingerprint density at radius 3 is 2.57 bits per heavy atom. The molecule has 116 valence electrons. The Morgan fingerprint density at radius 2 is 1.90 bits per heavy atom. The van der Waals surface area contributed by atoms with Crippen molar-refractivity contribution in [2.24, 2.45) is 5.92 Å². The average Bonchev–Trinajstić information content (AvgIpc) is 3.01. The number of likely N-dealkylation sites (tertiary alicyclic amines) is 1. The van der Waals surface area contributed by atoms with E-state index in [9.17, 15) is 0 Å². The third kappa shape index (κ3) is 3.40. The number of piperidine rings is 1. The molecule has 2 saturated heterocycles. The summed E-state index contributed by atoms with van der Waals surface area (Å²) in [6, 6.07) is 0. The molecule has 2 aliphatic rings. The predicted molar refractivity (Wildman–Crippen MR) is 84.2 cm³/mol. The van der Waals surface area contributed by atoms with Crippen molar-refractivity contribution < 1.29 is 4.74 Å². The molecule has 5 nitrogen and oxygen atoms in total. The maximum absolute atomic E-state index is 6.08. The summed E-state index contributed by atoms with van der Waals surface area (Å²) in [7, 11) is 1.62. The summed E-state index contributed by atoms with van der Waals surface area (Å²) in [5.41, 5.74) is 0. The van der Waals surface area contributed by atoms with Gasteiger partial charge in [0.25, 0.3) is 0 Å². The summed E-state index contributed by atoms with van der Waals surface area (Å²) in [5, 5.41) is 0.390. The number of halogens is 1. The third-order valence-corrected chi connectivity index (χ3v) is 4.84. The third-order valence-electron chi connectivity index (χ3n) is 4.57. The van der Waals surface area contributed by atoms with Crippen molar-refractivity contribution in [1.82, 2.24) is 14.9 Å². The van der Waals surface area contributed by atoms with Crippen molar-refractivity contribution >= 4 is 17.4 Å². The molecule has 0 N–H and O–H groups in total. The molecule has 2 aliphatic heterocycles. The molecule has 0 saturated carbocycles. The second-order valence-electron chi connectivity index (χ2n) is 5.96. The molecule has 0 aliphatic carbocycles. The standard InChI is InChI=1S/C15H23ClN4O/c1-21-13-14(16)17-11-18-15(13)20-8-4-12(5-9-20)10-19-6-2-3-7-19/h11-12H,2-10H2,1H3. The van der Waals surface area contributed by atoms with Crippen LogP contribution in [0.3, 0.4) is 0 Å². The smallest absolute Gasteiger partial charge is 0.199 e. The van der Waals surface area contributed by atoms with Crippen molar-refractivity contribution in [2.75, 3.05) is 44.7 Å². The Hall–Kier alpha value is -1.07. The fourth-order valence-corrected chi connectivity index (χ4v) is 3.61. The molecule has 0 aromatic carbocycles. The summed E-state index contributed by atoms with van der Waals surface area (Å²) >= 11 is 6.08. The van der Waals surface area contributed by atoms with Crippen LogP contribution in [0, 0.1) is 5.92 Å². The van der Waals surface area contributed by atoms with Crippen molar-refractivity contribution in [3.05, 3.63) is 11.5 Å². The minimum atomic E-state index is 0.390. The van der Waals surface area contributed by atoms with Crippen LogP contribution in [0.2, 0.25) is 5.15 Å². The van der Waals surface area contributed by atoms with Gasteiger partial charge in [0.05, 0.1) is 7.11 Å². The number of anilines is 1. The number of hydrogen-bond acceptors (Lipinski definition) is 5. The van der Waals surface area contributed by atoms with E-state index in [0.29, 0.717) is 10.9 Å². The first-order valence-electron chi connectivity index (χ1n) is 7.79. The zero-order chi connectivity index (χ0) is 14.7. The van der Waals surface area contributed by atoms with Crippen molar-refractivity contribution in [1.29, 1.82) is 0 Å². The van der Waals surface area contributed by atoms with E-state index in [4.69, 9.17) is 16.3 Å². The highest BCUT2D eigenvalue weighted by molar-refractivity contribution is 6.31. The van der Waals surface area contributed by atoms with Crippen LogP contribution in [0.15, 0.2) is 6.33 Å². The van der Waals surface area contributed by atoms with Gasteiger partial charge in [-0.2, -0.15) is 0 Å². The van der Waals surface area contributed by atoms with Gasteiger partial charge in [-0.1, -0.05) is 11.6 Å². The van der Waals surface area contributed by atoms with Crippen LogP contribution in [0.25, 0.3) is 0 Å². The Kier molecular flexibility index (Phi) is 4.80. The first-order chi connectivity index (χ1) is 10.3. The minimum Gasteiger partial charge on any atom is -0.490 e. The fourth-order valence-electron chi connectivity index (χ4n) is 3.40. The van der Waals surface area contributed by atoms with Gasteiger partial charge in [-0.3, -0.25) is 0 Å². The van der Waals surface area contributed by atoms with Crippen molar-refractivity contribution in [2.45, 2.75) is 25.7 Å². The number of methoxy groups -OCH3 is 1. The van der Waals surface area contributed by atoms with Crippen LogP contribution in [0.4, 0.5) is 5.82 Å². The fraction of sp³-hybridized carbons (Fsp3) is 0.733. The maximum Gasteiger partial charge on any atom is 0.199 e. The summed E-state index contributed by atoms with van der Waals surface area (Å²) < 4.78 is 5.36. The van der Waals surface area contributed by atoms with Gasteiger partial charge in [-0.15, -0.1) is 0 Å². The Labute approximate surface area is 131 Å². The first-order valence-corrected chi connectivity index (χ1v) is 8.17. The lowest BCUT2D eigenvalue weighted by molar-refractivity contribution is 0.248. The van der Waals surface area contributed by atoms with Crippen LogP contribution in [-0.4, -0.2) is 54.7 Å².